The number of nitrogens with zero attached hydrogens (tertiary/aromatic N) is 4. The van der Waals surface area contributed by atoms with E-state index in [1.54, 1.807) is 16.8 Å². The smallest absolute Gasteiger partial charge is 0.189 e. The van der Waals surface area contributed by atoms with Crippen molar-refractivity contribution in [2.45, 2.75) is 6.92 Å². The fraction of sp³-hybridized carbons (Fsp3) is 0.0714. The molecule has 0 aliphatic rings. The quantitative estimate of drug-likeness (QED) is 0.733. The second-order valence-corrected chi connectivity index (χ2v) is 5.39. The first-order valence-electron chi connectivity index (χ1n) is 6.17. The van der Waals surface area contributed by atoms with Crippen LogP contribution in [0, 0.1) is 6.92 Å². The van der Waals surface area contributed by atoms with Crippen LogP contribution in [0.4, 0.5) is 5.69 Å². The summed E-state index contributed by atoms with van der Waals surface area (Å²) in [5.74, 6) is 0.528. The first-order valence-corrected chi connectivity index (χ1v) is 6.93. The molecule has 0 fully saturated rings. The molecule has 0 aliphatic heterocycles. The van der Waals surface area contributed by atoms with Gasteiger partial charge in [0.25, 0.3) is 0 Å². The molecule has 3 aromatic rings. The third kappa shape index (κ3) is 2.46. The summed E-state index contributed by atoms with van der Waals surface area (Å²) in [4.78, 5) is 0. The Labute approximate surface area is 131 Å². The van der Waals surface area contributed by atoms with Crippen LogP contribution >= 0.6 is 23.2 Å². The molecular weight excluding hydrogens is 309 g/mol. The van der Waals surface area contributed by atoms with Crippen LogP contribution < -0.4 is 5.73 Å². The van der Waals surface area contributed by atoms with Crippen LogP contribution in [0.3, 0.4) is 0 Å². The van der Waals surface area contributed by atoms with E-state index in [0.29, 0.717) is 27.1 Å². The van der Waals surface area contributed by atoms with Crippen molar-refractivity contribution in [3.63, 3.8) is 0 Å². The van der Waals surface area contributed by atoms with Gasteiger partial charge in [0.2, 0.25) is 0 Å². The Bertz CT molecular complexity index is 813. The molecule has 0 unspecified atom stereocenters. The van der Waals surface area contributed by atoms with Crippen molar-refractivity contribution in [1.29, 1.82) is 0 Å². The Hall–Kier alpha value is -2.11. The Kier molecular flexibility index (Phi) is 3.53. The maximum atomic E-state index is 6.06. The molecule has 2 aromatic carbocycles. The predicted molar refractivity (Wildman–Crippen MR) is 83.8 cm³/mol. The van der Waals surface area contributed by atoms with Crippen LogP contribution in [0.25, 0.3) is 17.1 Å². The number of tetrazole rings is 1. The van der Waals surface area contributed by atoms with Gasteiger partial charge in [-0.25, -0.2) is 0 Å². The van der Waals surface area contributed by atoms with Gasteiger partial charge < -0.3 is 5.73 Å². The highest BCUT2D eigenvalue weighted by Crippen LogP contribution is 2.31. The second-order valence-electron chi connectivity index (χ2n) is 4.55. The molecule has 0 spiro atoms. The Balaban J connectivity index is 2.20. The third-order valence-electron chi connectivity index (χ3n) is 3.15. The highest BCUT2D eigenvalue weighted by atomic mass is 35.5. The molecule has 0 amide bonds. The van der Waals surface area contributed by atoms with Crippen LogP contribution in [-0.4, -0.2) is 20.2 Å². The van der Waals surface area contributed by atoms with Crippen molar-refractivity contribution < 1.29 is 0 Å². The SMILES string of the molecule is Cc1cc(Cl)ccc1-n1nnnc1-c1cccc(Cl)c1N. The molecule has 0 atom stereocenters. The fourth-order valence-electron chi connectivity index (χ4n) is 2.11. The Morgan fingerprint density at radius 2 is 1.95 bits per heavy atom. The van der Waals surface area contributed by atoms with E-state index in [2.05, 4.69) is 15.5 Å². The minimum absolute atomic E-state index is 0.446. The average molecular weight is 320 g/mol. The molecule has 7 heteroatoms. The van der Waals surface area contributed by atoms with Crippen molar-refractivity contribution in [1.82, 2.24) is 20.2 Å². The van der Waals surface area contributed by atoms with Gasteiger partial charge in [-0.1, -0.05) is 29.3 Å². The summed E-state index contributed by atoms with van der Waals surface area (Å²) in [6, 6.07) is 10.9. The number of aromatic nitrogens is 4. The molecule has 0 aliphatic carbocycles. The predicted octanol–water partition coefficient (Wildman–Crippen LogP) is 3.53. The zero-order chi connectivity index (χ0) is 15.0. The van der Waals surface area contributed by atoms with Gasteiger partial charge in [0.1, 0.15) is 0 Å². The summed E-state index contributed by atoms with van der Waals surface area (Å²) in [6.07, 6.45) is 0. The number of hydrogen-bond acceptors (Lipinski definition) is 4. The van der Waals surface area contributed by atoms with E-state index in [9.17, 15) is 0 Å². The van der Waals surface area contributed by atoms with Gasteiger partial charge in [-0.05, 0) is 53.2 Å². The summed E-state index contributed by atoms with van der Waals surface area (Å²) >= 11 is 12.0. The molecule has 106 valence electrons. The van der Waals surface area contributed by atoms with Crippen LogP contribution in [0.15, 0.2) is 36.4 Å². The summed E-state index contributed by atoms with van der Waals surface area (Å²) in [6.45, 7) is 1.94. The molecule has 0 saturated carbocycles. The summed E-state index contributed by atoms with van der Waals surface area (Å²) in [5.41, 5.74) is 8.94. The maximum absolute atomic E-state index is 6.06. The summed E-state index contributed by atoms with van der Waals surface area (Å²) < 4.78 is 1.62. The van der Waals surface area contributed by atoms with E-state index >= 15 is 0 Å². The normalized spacial score (nSPS) is 10.8. The number of hydrogen-bond donors (Lipinski definition) is 1. The van der Waals surface area contributed by atoms with Crippen LogP contribution in [0.5, 0.6) is 0 Å². The molecule has 0 bridgehead atoms. The van der Waals surface area contributed by atoms with Gasteiger partial charge in [-0.15, -0.1) is 5.10 Å². The third-order valence-corrected chi connectivity index (χ3v) is 3.72. The molecule has 0 saturated heterocycles. The van der Waals surface area contributed by atoms with Crippen molar-refractivity contribution in [2.24, 2.45) is 0 Å². The van der Waals surface area contributed by atoms with Crippen molar-refractivity contribution >= 4 is 28.9 Å². The van der Waals surface area contributed by atoms with Gasteiger partial charge in [0, 0.05) is 10.6 Å². The molecule has 5 nitrogen and oxygen atoms in total. The first-order chi connectivity index (χ1) is 10.1. The largest absolute Gasteiger partial charge is 0.397 e. The van der Waals surface area contributed by atoms with Gasteiger partial charge in [0.05, 0.1) is 16.4 Å². The van der Waals surface area contributed by atoms with E-state index in [-0.39, 0.29) is 0 Å². The van der Waals surface area contributed by atoms with Crippen LogP contribution in [0.2, 0.25) is 10.0 Å². The molecule has 3 rings (SSSR count). The van der Waals surface area contributed by atoms with E-state index < -0.39 is 0 Å². The highest BCUT2D eigenvalue weighted by Gasteiger charge is 2.16. The standard InChI is InChI=1S/C14H11Cl2N5/c1-8-7-9(15)5-6-12(8)21-14(18-19-20-21)10-3-2-4-11(16)13(10)17/h2-7H,17H2,1H3. The van der Waals surface area contributed by atoms with Crippen molar-refractivity contribution in [3.05, 3.63) is 52.0 Å². The maximum Gasteiger partial charge on any atom is 0.189 e. The topological polar surface area (TPSA) is 69.6 Å². The lowest BCUT2D eigenvalue weighted by molar-refractivity contribution is 0.787. The number of anilines is 1. The summed E-state index contributed by atoms with van der Waals surface area (Å²) in [7, 11) is 0. The average Bonchev–Trinajstić information content (AvgIpc) is 2.91. The minimum atomic E-state index is 0.446. The van der Waals surface area contributed by atoms with E-state index in [0.717, 1.165) is 11.3 Å². The summed E-state index contributed by atoms with van der Waals surface area (Å²) in [5, 5.41) is 13.0. The number of para-hydroxylation sites is 1. The highest BCUT2D eigenvalue weighted by molar-refractivity contribution is 6.33. The lowest BCUT2D eigenvalue weighted by Crippen LogP contribution is -2.03. The van der Waals surface area contributed by atoms with E-state index in [4.69, 9.17) is 28.9 Å². The number of benzene rings is 2. The van der Waals surface area contributed by atoms with Crippen molar-refractivity contribution in [3.8, 4) is 17.1 Å². The van der Waals surface area contributed by atoms with Gasteiger partial charge >= 0.3 is 0 Å². The molecule has 0 radical (unpaired) electrons. The minimum Gasteiger partial charge on any atom is -0.397 e. The van der Waals surface area contributed by atoms with Crippen LogP contribution in [-0.2, 0) is 0 Å². The molecule has 1 aromatic heterocycles. The van der Waals surface area contributed by atoms with Crippen molar-refractivity contribution in [2.75, 3.05) is 5.73 Å². The monoisotopic (exact) mass is 319 g/mol. The Morgan fingerprint density at radius 1 is 1.14 bits per heavy atom. The van der Waals surface area contributed by atoms with Gasteiger partial charge in [-0.2, -0.15) is 4.68 Å². The fourth-order valence-corrected chi connectivity index (χ4v) is 2.51. The number of halogens is 2. The zero-order valence-electron chi connectivity index (χ0n) is 11.1. The van der Waals surface area contributed by atoms with E-state index in [1.165, 1.54) is 0 Å². The number of rotatable bonds is 2. The lowest BCUT2D eigenvalue weighted by atomic mass is 10.1. The number of aryl methyl sites for hydroxylation is 1. The molecule has 21 heavy (non-hydrogen) atoms. The first kappa shape index (κ1) is 13.9. The Morgan fingerprint density at radius 3 is 2.71 bits per heavy atom. The van der Waals surface area contributed by atoms with E-state index in [1.807, 2.05) is 31.2 Å². The lowest BCUT2D eigenvalue weighted by Gasteiger charge is -2.10. The molecule has 1 heterocycles. The molecular formula is C14H11Cl2N5. The van der Waals surface area contributed by atoms with Gasteiger partial charge in [0.15, 0.2) is 5.82 Å². The van der Waals surface area contributed by atoms with Gasteiger partial charge in [-0.3, -0.25) is 0 Å². The second kappa shape index (κ2) is 5.35. The van der Waals surface area contributed by atoms with Crippen LogP contribution in [0.1, 0.15) is 5.56 Å². The zero-order valence-corrected chi connectivity index (χ0v) is 12.6. The number of nitrogen functional groups attached to an aromatic ring is 1. The molecule has 2 N–H and O–H groups in total. The number of nitrogens with two attached hydrogens (primary N) is 1.